The van der Waals surface area contributed by atoms with E-state index in [-0.39, 0.29) is 11.9 Å². The van der Waals surface area contributed by atoms with E-state index >= 15 is 0 Å². The molecule has 4 rings (SSSR count). The lowest BCUT2D eigenvalue weighted by Crippen LogP contribution is -2.48. The van der Waals surface area contributed by atoms with E-state index in [2.05, 4.69) is 19.9 Å². The van der Waals surface area contributed by atoms with E-state index in [0.717, 1.165) is 35.4 Å². The molecule has 26 heavy (non-hydrogen) atoms. The van der Waals surface area contributed by atoms with Crippen LogP contribution >= 0.6 is 0 Å². The van der Waals surface area contributed by atoms with Crippen LogP contribution in [0, 0.1) is 6.92 Å². The van der Waals surface area contributed by atoms with Crippen molar-refractivity contribution in [3.63, 3.8) is 0 Å². The molecule has 1 saturated heterocycles. The fraction of sp³-hybridized carbons (Fsp3) is 0.368. The van der Waals surface area contributed by atoms with Gasteiger partial charge in [-0.1, -0.05) is 0 Å². The molecule has 3 aromatic rings. The minimum Gasteiger partial charge on any atom is -0.377 e. The number of benzene rings is 1. The molecule has 1 aliphatic rings. The lowest BCUT2D eigenvalue weighted by Gasteiger charge is -2.35. The lowest BCUT2D eigenvalue weighted by molar-refractivity contribution is -0.00412. The molecule has 7 heteroatoms. The number of ether oxygens (including phenoxy) is 1. The van der Waals surface area contributed by atoms with Crippen LogP contribution in [-0.4, -0.2) is 56.5 Å². The maximum absolute atomic E-state index is 13.1. The number of rotatable bonds is 4. The van der Waals surface area contributed by atoms with Gasteiger partial charge < -0.3 is 14.6 Å². The molecule has 2 aromatic heterocycles. The van der Waals surface area contributed by atoms with E-state index in [9.17, 15) is 4.79 Å². The lowest BCUT2D eigenvalue weighted by atomic mass is 10.1. The molecule has 1 aromatic carbocycles. The number of morpholine rings is 1. The van der Waals surface area contributed by atoms with Gasteiger partial charge in [0.1, 0.15) is 5.82 Å². The van der Waals surface area contributed by atoms with Gasteiger partial charge in [0.15, 0.2) is 0 Å². The first-order chi connectivity index (χ1) is 12.7. The third-order valence-corrected chi connectivity index (χ3v) is 4.69. The van der Waals surface area contributed by atoms with Gasteiger partial charge in [0.2, 0.25) is 0 Å². The zero-order valence-electron chi connectivity index (χ0n) is 14.7. The van der Waals surface area contributed by atoms with Gasteiger partial charge in [0.05, 0.1) is 36.0 Å². The number of hydrogen-bond acceptors (Lipinski definition) is 5. The summed E-state index contributed by atoms with van der Waals surface area (Å²) in [6.07, 6.45) is 6.69. The normalized spacial score (nSPS) is 17.6. The molecular weight excluding hydrogens is 330 g/mol. The largest absolute Gasteiger partial charge is 0.377 e. The summed E-state index contributed by atoms with van der Waals surface area (Å²) in [5.74, 6) is 0.879. The molecule has 3 heterocycles. The number of aryl methyl sites for hydroxylation is 2. The number of fused-ring (bicyclic) bond motifs is 1. The van der Waals surface area contributed by atoms with Gasteiger partial charge >= 0.3 is 0 Å². The first kappa shape index (κ1) is 16.7. The van der Waals surface area contributed by atoms with E-state index in [0.29, 0.717) is 25.3 Å². The number of imidazole rings is 1. The van der Waals surface area contributed by atoms with Crippen LogP contribution in [0.25, 0.3) is 11.0 Å². The van der Waals surface area contributed by atoms with Crippen LogP contribution < -0.4 is 0 Å². The van der Waals surface area contributed by atoms with E-state index in [1.54, 1.807) is 18.6 Å². The van der Waals surface area contributed by atoms with Crippen molar-refractivity contribution < 1.29 is 9.53 Å². The number of nitrogens with zero attached hydrogens (tertiary/aromatic N) is 4. The summed E-state index contributed by atoms with van der Waals surface area (Å²) in [4.78, 5) is 31.0. The Morgan fingerprint density at radius 2 is 2.31 bits per heavy atom. The topological polar surface area (TPSA) is 84.0 Å². The number of aromatic amines is 1. The number of carbonyl (C=O) groups excluding carboxylic acids is 1. The average Bonchev–Trinajstić information content (AvgIpc) is 3.06. The first-order valence-electron chi connectivity index (χ1n) is 8.81. The molecule has 7 nitrogen and oxygen atoms in total. The standard InChI is InChI=1S/C19H21N5O2/c1-13-22-17-5-2-14(10-18(17)23-13)19(25)24-8-9-26-12-16(24)4-3-15-11-20-6-7-21-15/h2,5-7,10-11,16H,3-4,8-9,12H2,1H3,(H,22,23)/t16-/m0/s1. The fourth-order valence-corrected chi connectivity index (χ4v) is 3.37. The second kappa shape index (κ2) is 7.21. The third kappa shape index (κ3) is 3.43. The summed E-state index contributed by atoms with van der Waals surface area (Å²) >= 11 is 0. The molecule has 1 N–H and O–H groups in total. The smallest absolute Gasteiger partial charge is 0.254 e. The maximum Gasteiger partial charge on any atom is 0.254 e. The van der Waals surface area contributed by atoms with Gasteiger partial charge in [0, 0.05) is 30.7 Å². The van der Waals surface area contributed by atoms with Crippen molar-refractivity contribution in [2.24, 2.45) is 0 Å². The highest BCUT2D eigenvalue weighted by Gasteiger charge is 2.28. The number of amides is 1. The van der Waals surface area contributed by atoms with E-state index in [4.69, 9.17) is 4.74 Å². The Balaban J connectivity index is 1.51. The molecule has 134 valence electrons. The van der Waals surface area contributed by atoms with Gasteiger partial charge in [-0.25, -0.2) is 4.98 Å². The van der Waals surface area contributed by atoms with Gasteiger partial charge in [-0.2, -0.15) is 0 Å². The highest BCUT2D eigenvalue weighted by atomic mass is 16.5. The van der Waals surface area contributed by atoms with E-state index in [1.165, 1.54) is 0 Å². The van der Waals surface area contributed by atoms with Gasteiger partial charge in [-0.15, -0.1) is 0 Å². The van der Waals surface area contributed by atoms with Gasteiger partial charge in [-0.3, -0.25) is 14.8 Å². The van der Waals surface area contributed by atoms with Crippen LogP contribution in [0.3, 0.4) is 0 Å². The Morgan fingerprint density at radius 1 is 1.38 bits per heavy atom. The molecule has 1 atom stereocenters. The minimum atomic E-state index is 0.0339. The molecule has 1 aliphatic heterocycles. The first-order valence-corrected chi connectivity index (χ1v) is 8.81. The molecule has 1 amide bonds. The predicted octanol–water partition coefficient (Wildman–Crippen LogP) is 2.14. The second-order valence-electron chi connectivity index (χ2n) is 6.52. The van der Waals surface area contributed by atoms with Crippen LogP contribution in [-0.2, 0) is 11.2 Å². The van der Waals surface area contributed by atoms with Crippen LogP contribution in [0.1, 0.15) is 28.3 Å². The van der Waals surface area contributed by atoms with Crippen molar-refractivity contribution in [3.05, 3.63) is 53.9 Å². The Hall–Kier alpha value is -2.80. The molecule has 0 spiro atoms. The maximum atomic E-state index is 13.1. The number of nitrogens with one attached hydrogen (secondary N) is 1. The Kier molecular flexibility index (Phi) is 4.62. The molecule has 1 fully saturated rings. The van der Waals surface area contributed by atoms with E-state index < -0.39 is 0 Å². The number of aromatic nitrogens is 4. The van der Waals surface area contributed by atoms with Crippen LogP contribution in [0.4, 0.5) is 0 Å². The highest BCUT2D eigenvalue weighted by molar-refractivity contribution is 5.97. The number of carbonyl (C=O) groups is 1. The zero-order valence-corrected chi connectivity index (χ0v) is 14.7. The fourth-order valence-electron chi connectivity index (χ4n) is 3.37. The molecular formula is C19H21N5O2. The quantitative estimate of drug-likeness (QED) is 0.778. The molecule has 0 aliphatic carbocycles. The van der Waals surface area contributed by atoms with Crippen LogP contribution in [0.15, 0.2) is 36.8 Å². The van der Waals surface area contributed by atoms with Crippen molar-refractivity contribution in [3.8, 4) is 0 Å². The van der Waals surface area contributed by atoms with Crippen molar-refractivity contribution in [1.29, 1.82) is 0 Å². The zero-order chi connectivity index (χ0) is 17.9. The van der Waals surface area contributed by atoms with Crippen molar-refractivity contribution in [2.45, 2.75) is 25.8 Å². The highest BCUT2D eigenvalue weighted by Crippen LogP contribution is 2.19. The summed E-state index contributed by atoms with van der Waals surface area (Å²) < 4.78 is 5.61. The predicted molar refractivity (Wildman–Crippen MR) is 96.8 cm³/mol. The SMILES string of the molecule is Cc1nc2ccc(C(=O)N3CCOC[C@@H]3CCc3cnccn3)cc2[nH]1. The molecule has 0 saturated carbocycles. The Bertz CT molecular complexity index is 909. The van der Waals surface area contributed by atoms with E-state index in [1.807, 2.05) is 30.0 Å². The van der Waals surface area contributed by atoms with Crippen molar-refractivity contribution in [1.82, 2.24) is 24.8 Å². The van der Waals surface area contributed by atoms with Gasteiger partial charge in [-0.05, 0) is 38.0 Å². The Labute approximate surface area is 151 Å². The monoisotopic (exact) mass is 351 g/mol. The number of hydrogen-bond donors (Lipinski definition) is 1. The summed E-state index contributed by atoms with van der Waals surface area (Å²) in [6, 6.07) is 5.66. The Morgan fingerprint density at radius 3 is 3.15 bits per heavy atom. The summed E-state index contributed by atoms with van der Waals surface area (Å²) in [6.45, 7) is 3.63. The molecule has 0 bridgehead atoms. The number of H-pyrrole nitrogens is 1. The average molecular weight is 351 g/mol. The summed E-state index contributed by atoms with van der Waals surface area (Å²) in [7, 11) is 0. The van der Waals surface area contributed by atoms with Gasteiger partial charge in [0.25, 0.3) is 5.91 Å². The van der Waals surface area contributed by atoms with Crippen molar-refractivity contribution in [2.75, 3.05) is 19.8 Å². The van der Waals surface area contributed by atoms with Crippen LogP contribution in [0.5, 0.6) is 0 Å². The molecule has 0 radical (unpaired) electrons. The summed E-state index contributed by atoms with van der Waals surface area (Å²) in [5, 5.41) is 0. The van der Waals surface area contributed by atoms with Crippen LogP contribution in [0.2, 0.25) is 0 Å². The summed E-state index contributed by atoms with van der Waals surface area (Å²) in [5.41, 5.74) is 3.37. The molecule has 0 unspecified atom stereocenters. The second-order valence-corrected chi connectivity index (χ2v) is 6.52. The minimum absolute atomic E-state index is 0.0339. The third-order valence-electron chi connectivity index (χ3n) is 4.69. The van der Waals surface area contributed by atoms with Crippen molar-refractivity contribution >= 4 is 16.9 Å².